The molecule has 0 radical (unpaired) electrons. The van der Waals surface area contributed by atoms with Crippen molar-refractivity contribution in [3.63, 3.8) is 0 Å². The normalized spacial score (nSPS) is 12.9. The molecule has 3 N–H and O–H groups in total. The van der Waals surface area contributed by atoms with Crippen LogP contribution < -0.4 is 11.1 Å². The smallest absolute Gasteiger partial charge is 0.222 e. The van der Waals surface area contributed by atoms with Gasteiger partial charge in [-0.05, 0) is 35.6 Å². The molecule has 4 heteroatoms. The Labute approximate surface area is 165 Å². The number of hydrogen-bond acceptors (Lipinski definition) is 2. The number of amides is 1. The van der Waals surface area contributed by atoms with E-state index in [0.29, 0.717) is 18.4 Å². The molecule has 28 heavy (non-hydrogen) atoms. The van der Waals surface area contributed by atoms with Crippen molar-refractivity contribution < 1.29 is 9.18 Å². The quantitative estimate of drug-likeness (QED) is 0.619. The SMILES string of the molecule is N[C@@H](CC(=O)NC(Cc1ccccc1)c1ccccc1)Cc1ccccc1F. The molecule has 2 atom stereocenters. The number of nitrogens with one attached hydrogen (secondary N) is 1. The van der Waals surface area contributed by atoms with E-state index in [1.54, 1.807) is 18.2 Å². The lowest BCUT2D eigenvalue weighted by molar-refractivity contribution is -0.122. The topological polar surface area (TPSA) is 55.1 Å². The molecule has 3 aromatic carbocycles. The lowest BCUT2D eigenvalue weighted by atomic mass is 9.98. The van der Waals surface area contributed by atoms with Crippen LogP contribution in [0, 0.1) is 5.82 Å². The highest BCUT2D eigenvalue weighted by molar-refractivity contribution is 5.77. The van der Waals surface area contributed by atoms with Gasteiger partial charge in [0.05, 0.1) is 6.04 Å². The lowest BCUT2D eigenvalue weighted by Crippen LogP contribution is -2.36. The lowest BCUT2D eigenvalue weighted by Gasteiger charge is -2.21. The zero-order chi connectivity index (χ0) is 19.8. The average molecular weight is 376 g/mol. The van der Waals surface area contributed by atoms with Crippen molar-refractivity contribution in [1.29, 1.82) is 0 Å². The fraction of sp³-hybridized carbons (Fsp3) is 0.208. The van der Waals surface area contributed by atoms with Crippen molar-refractivity contribution in [3.05, 3.63) is 107 Å². The molecule has 3 nitrogen and oxygen atoms in total. The molecule has 3 rings (SSSR count). The minimum atomic E-state index is -0.440. The van der Waals surface area contributed by atoms with Crippen LogP contribution in [0.15, 0.2) is 84.9 Å². The third-order valence-corrected chi connectivity index (χ3v) is 4.71. The van der Waals surface area contributed by atoms with Crippen LogP contribution in [0.5, 0.6) is 0 Å². The Hall–Kier alpha value is -2.98. The van der Waals surface area contributed by atoms with Crippen LogP contribution in [-0.4, -0.2) is 11.9 Å². The molecule has 0 bridgehead atoms. The molecule has 0 heterocycles. The summed E-state index contributed by atoms with van der Waals surface area (Å²) in [6, 6.07) is 25.9. The van der Waals surface area contributed by atoms with Crippen molar-refractivity contribution in [2.75, 3.05) is 0 Å². The van der Waals surface area contributed by atoms with Gasteiger partial charge in [-0.2, -0.15) is 0 Å². The van der Waals surface area contributed by atoms with Crippen molar-refractivity contribution in [1.82, 2.24) is 5.32 Å². The monoisotopic (exact) mass is 376 g/mol. The van der Waals surface area contributed by atoms with Gasteiger partial charge in [0, 0.05) is 12.5 Å². The molecule has 1 unspecified atom stereocenters. The van der Waals surface area contributed by atoms with Crippen LogP contribution in [0.25, 0.3) is 0 Å². The molecule has 0 aliphatic carbocycles. The van der Waals surface area contributed by atoms with E-state index in [1.165, 1.54) is 6.07 Å². The van der Waals surface area contributed by atoms with E-state index in [1.807, 2.05) is 60.7 Å². The molecule has 0 saturated carbocycles. The second kappa shape index (κ2) is 9.81. The average Bonchev–Trinajstić information content (AvgIpc) is 2.70. The van der Waals surface area contributed by atoms with Gasteiger partial charge < -0.3 is 11.1 Å². The van der Waals surface area contributed by atoms with Crippen LogP contribution in [0.1, 0.15) is 29.2 Å². The van der Waals surface area contributed by atoms with E-state index >= 15 is 0 Å². The summed E-state index contributed by atoms with van der Waals surface area (Å²) >= 11 is 0. The maximum atomic E-state index is 13.8. The van der Waals surface area contributed by atoms with Crippen LogP contribution >= 0.6 is 0 Å². The number of hydrogen-bond donors (Lipinski definition) is 2. The van der Waals surface area contributed by atoms with E-state index in [0.717, 1.165) is 11.1 Å². The standard InChI is InChI=1S/C24H25FN2O/c25-22-14-8-7-13-20(22)16-21(26)17-24(28)27-23(19-11-5-2-6-12-19)15-18-9-3-1-4-10-18/h1-14,21,23H,15-17,26H2,(H,27,28)/t21-,23?/m1/s1. The first kappa shape index (κ1) is 19.8. The van der Waals surface area contributed by atoms with Gasteiger partial charge >= 0.3 is 0 Å². The summed E-state index contributed by atoms with van der Waals surface area (Å²) in [6.07, 6.45) is 1.17. The zero-order valence-corrected chi connectivity index (χ0v) is 15.7. The molecule has 0 saturated heterocycles. The highest BCUT2D eigenvalue weighted by Crippen LogP contribution is 2.19. The van der Waals surface area contributed by atoms with Crippen molar-refractivity contribution >= 4 is 5.91 Å². The number of carbonyl (C=O) groups is 1. The molecule has 144 valence electrons. The number of carbonyl (C=O) groups excluding carboxylic acids is 1. The van der Waals surface area contributed by atoms with Gasteiger partial charge in [-0.15, -0.1) is 0 Å². The first-order valence-corrected chi connectivity index (χ1v) is 9.49. The van der Waals surface area contributed by atoms with Crippen LogP contribution in [0.3, 0.4) is 0 Å². The van der Waals surface area contributed by atoms with Crippen molar-refractivity contribution in [2.24, 2.45) is 5.73 Å². The third-order valence-electron chi connectivity index (χ3n) is 4.71. The fourth-order valence-corrected chi connectivity index (χ4v) is 3.30. The summed E-state index contributed by atoms with van der Waals surface area (Å²) in [5.74, 6) is -0.418. The Morgan fingerprint density at radius 2 is 1.46 bits per heavy atom. The second-order valence-electron chi connectivity index (χ2n) is 6.98. The molecular formula is C24H25FN2O. The highest BCUT2D eigenvalue weighted by Gasteiger charge is 2.18. The summed E-state index contributed by atoms with van der Waals surface area (Å²) < 4.78 is 13.8. The minimum absolute atomic E-state index is 0.131. The number of nitrogens with two attached hydrogens (primary N) is 1. The Morgan fingerprint density at radius 3 is 2.14 bits per heavy atom. The number of rotatable bonds is 8. The predicted octanol–water partition coefficient (Wildman–Crippen LogP) is 4.19. The van der Waals surface area contributed by atoms with Crippen LogP contribution in [0.4, 0.5) is 4.39 Å². The zero-order valence-electron chi connectivity index (χ0n) is 15.7. The Morgan fingerprint density at radius 1 is 0.857 bits per heavy atom. The van der Waals surface area contributed by atoms with Gasteiger partial charge in [0.25, 0.3) is 0 Å². The van der Waals surface area contributed by atoms with Gasteiger partial charge in [0.2, 0.25) is 5.91 Å². The molecule has 0 aromatic heterocycles. The minimum Gasteiger partial charge on any atom is -0.349 e. The summed E-state index contributed by atoms with van der Waals surface area (Å²) in [4.78, 5) is 12.6. The second-order valence-corrected chi connectivity index (χ2v) is 6.98. The van der Waals surface area contributed by atoms with E-state index in [9.17, 15) is 9.18 Å². The van der Waals surface area contributed by atoms with Crippen molar-refractivity contribution in [2.45, 2.75) is 31.3 Å². The predicted molar refractivity (Wildman–Crippen MR) is 110 cm³/mol. The van der Waals surface area contributed by atoms with E-state index < -0.39 is 6.04 Å². The van der Waals surface area contributed by atoms with E-state index in [2.05, 4.69) is 5.32 Å². The molecule has 1 amide bonds. The highest BCUT2D eigenvalue weighted by atomic mass is 19.1. The maximum absolute atomic E-state index is 13.8. The fourth-order valence-electron chi connectivity index (χ4n) is 3.30. The molecule has 0 aliphatic rings. The van der Waals surface area contributed by atoms with E-state index in [-0.39, 0.29) is 24.2 Å². The first-order valence-electron chi connectivity index (χ1n) is 9.49. The third kappa shape index (κ3) is 5.76. The van der Waals surface area contributed by atoms with Crippen molar-refractivity contribution in [3.8, 4) is 0 Å². The van der Waals surface area contributed by atoms with Gasteiger partial charge in [0.15, 0.2) is 0 Å². The summed E-state index contributed by atoms with van der Waals surface area (Å²) in [5, 5.41) is 3.10. The van der Waals surface area contributed by atoms with E-state index in [4.69, 9.17) is 5.73 Å². The summed E-state index contributed by atoms with van der Waals surface area (Å²) in [6.45, 7) is 0. The Kier molecular flexibility index (Phi) is 6.93. The maximum Gasteiger partial charge on any atom is 0.222 e. The Balaban J connectivity index is 1.64. The molecule has 0 fully saturated rings. The molecular weight excluding hydrogens is 351 g/mol. The van der Waals surface area contributed by atoms with Gasteiger partial charge in [-0.1, -0.05) is 78.9 Å². The first-order chi connectivity index (χ1) is 13.6. The summed E-state index contributed by atoms with van der Waals surface area (Å²) in [7, 11) is 0. The van der Waals surface area contributed by atoms with Gasteiger partial charge in [-0.3, -0.25) is 4.79 Å². The molecule has 3 aromatic rings. The molecule has 0 aliphatic heterocycles. The summed E-state index contributed by atoms with van der Waals surface area (Å²) in [5.41, 5.74) is 8.84. The van der Waals surface area contributed by atoms with Gasteiger partial charge in [0.1, 0.15) is 5.82 Å². The Bertz CT molecular complexity index is 883. The molecule has 0 spiro atoms. The van der Waals surface area contributed by atoms with Crippen LogP contribution in [-0.2, 0) is 17.6 Å². The van der Waals surface area contributed by atoms with Gasteiger partial charge in [-0.25, -0.2) is 4.39 Å². The number of benzene rings is 3. The largest absolute Gasteiger partial charge is 0.349 e. The number of halogens is 1. The van der Waals surface area contributed by atoms with Crippen LogP contribution in [0.2, 0.25) is 0 Å².